The fraction of sp³-hybridized carbons (Fsp3) is 0.143. The Morgan fingerprint density at radius 3 is 2.30 bits per heavy atom. The Bertz CT molecular complexity index is 1050. The van der Waals surface area contributed by atoms with Gasteiger partial charge in [0.2, 0.25) is 0 Å². The average Bonchev–Trinajstić information content (AvgIpc) is 2.93. The minimum atomic E-state index is -4.02. The van der Waals surface area contributed by atoms with Crippen molar-refractivity contribution in [2.45, 2.75) is 11.3 Å². The average molecular weight is 382 g/mol. The second-order valence-electron chi connectivity index (χ2n) is 6.06. The van der Waals surface area contributed by atoms with E-state index in [1.807, 2.05) is 42.5 Å². The topological polar surface area (TPSA) is 61.8 Å². The van der Waals surface area contributed by atoms with Gasteiger partial charge in [-0.25, -0.2) is 0 Å². The summed E-state index contributed by atoms with van der Waals surface area (Å²) in [5, 5.41) is 0. The van der Waals surface area contributed by atoms with Gasteiger partial charge in [-0.05, 0) is 23.8 Å². The molecule has 3 aromatic rings. The molecule has 0 saturated carbocycles. The highest BCUT2D eigenvalue weighted by Gasteiger charge is 2.22. The van der Waals surface area contributed by atoms with Gasteiger partial charge >= 0.3 is 10.1 Å². The molecule has 0 fully saturated rings. The van der Waals surface area contributed by atoms with Crippen LogP contribution in [0.15, 0.2) is 77.7 Å². The smallest absolute Gasteiger partial charge is 0.339 e. The molecule has 27 heavy (non-hydrogen) atoms. The van der Waals surface area contributed by atoms with E-state index >= 15 is 0 Å². The summed E-state index contributed by atoms with van der Waals surface area (Å²) in [5.41, 5.74) is 1.58. The summed E-state index contributed by atoms with van der Waals surface area (Å²) in [6.45, 7) is 1.02. The lowest BCUT2D eigenvalue weighted by molar-refractivity contribution is 0.296. The first kappa shape index (κ1) is 17.4. The minimum Gasteiger partial charge on any atom is -0.490 e. The van der Waals surface area contributed by atoms with Gasteiger partial charge in [0.25, 0.3) is 0 Å². The Hall–Kier alpha value is -2.99. The first-order valence-electron chi connectivity index (χ1n) is 8.62. The summed E-state index contributed by atoms with van der Waals surface area (Å²) in [7, 11) is -4.02. The van der Waals surface area contributed by atoms with Gasteiger partial charge in [0, 0.05) is 18.1 Å². The molecule has 0 unspecified atom stereocenters. The number of hydrogen-bond acceptors (Lipinski definition) is 5. The molecule has 0 radical (unpaired) electrons. The molecule has 0 atom stereocenters. The molecular weight excluding hydrogens is 364 g/mol. The summed E-state index contributed by atoms with van der Waals surface area (Å²) >= 11 is 0. The largest absolute Gasteiger partial charge is 0.490 e. The Kier molecular flexibility index (Phi) is 4.73. The summed E-state index contributed by atoms with van der Waals surface area (Å²) in [5.74, 6) is 1.22. The molecule has 3 aromatic carbocycles. The van der Waals surface area contributed by atoms with Crippen molar-refractivity contribution in [3.63, 3.8) is 0 Å². The normalized spacial score (nSPS) is 13.6. The number of fused-ring (bicyclic) bond motifs is 1. The molecule has 1 aliphatic heterocycles. The van der Waals surface area contributed by atoms with E-state index in [0.717, 1.165) is 12.0 Å². The van der Waals surface area contributed by atoms with E-state index in [2.05, 4.69) is 0 Å². The summed E-state index contributed by atoms with van der Waals surface area (Å²) in [6.07, 6.45) is 0.748. The maximum absolute atomic E-state index is 12.8. The van der Waals surface area contributed by atoms with Crippen LogP contribution in [0.4, 0.5) is 0 Å². The van der Waals surface area contributed by atoms with Gasteiger partial charge in [0.05, 0.1) is 13.2 Å². The van der Waals surface area contributed by atoms with Crippen LogP contribution in [0, 0.1) is 0 Å². The highest BCUT2D eigenvalue weighted by Crippen LogP contribution is 2.35. The van der Waals surface area contributed by atoms with Gasteiger partial charge in [-0.1, -0.05) is 48.5 Å². The second kappa shape index (κ2) is 7.32. The Balaban J connectivity index is 1.68. The number of para-hydroxylation sites is 1. The summed E-state index contributed by atoms with van der Waals surface area (Å²) < 4.78 is 42.3. The standard InChI is InChI=1S/C21H18O5S/c22-27(23,17-11-12-20-21(15-17)25-14-6-13-24-20)26-19-10-5-4-9-18(19)16-7-2-1-3-8-16/h1-5,7-12,15H,6,13-14H2. The fourth-order valence-electron chi connectivity index (χ4n) is 2.86. The molecule has 6 heteroatoms. The molecular formula is C21H18O5S. The van der Waals surface area contributed by atoms with Crippen molar-refractivity contribution in [3.8, 4) is 28.4 Å². The molecule has 1 aliphatic rings. The SMILES string of the molecule is O=S(=O)(Oc1ccccc1-c1ccccc1)c1ccc2c(c1)OCCCO2. The molecule has 0 amide bonds. The molecule has 0 N–H and O–H groups in total. The molecule has 4 rings (SSSR count). The van der Waals surface area contributed by atoms with E-state index in [1.165, 1.54) is 12.1 Å². The quantitative estimate of drug-likeness (QED) is 0.630. The maximum atomic E-state index is 12.8. The molecule has 5 nitrogen and oxygen atoms in total. The molecule has 0 spiro atoms. The van der Waals surface area contributed by atoms with Crippen molar-refractivity contribution in [1.82, 2.24) is 0 Å². The van der Waals surface area contributed by atoms with Crippen molar-refractivity contribution in [2.24, 2.45) is 0 Å². The van der Waals surface area contributed by atoms with Crippen LogP contribution >= 0.6 is 0 Å². The highest BCUT2D eigenvalue weighted by molar-refractivity contribution is 7.87. The molecule has 0 bridgehead atoms. The third kappa shape index (κ3) is 3.75. The van der Waals surface area contributed by atoms with E-state index in [9.17, 15) is 8.42 Å². The zero-order chi connectivity index (χ0) is 18.7. The van der Waals surface area contributed by atoms with Gasteiger partial charge in [-0.3, -0.25) is 0 Å². The molecule has 0 saturated heterocycles. The van der Waals surface area contributed by atoms with Crippen molar-refractivity contribution in [1.29, 1.82) is 0 Å². The van der Waals surface area contributed by atoms with Crippen molar-refractivity contribution in [2.75, 3.05) is 13.2 Å². The zero-order valence-corrected chi connectivity index (χ0v) is 15.3. The van der Waals surface area contributed by atoms with Gasteiger partial charge in [-0.15, -0.1) is 0 Å². The molecule has 0 aliphatic carbocycles. The van der Waals surface area contributed by atoms with Crippen LogP contribution in [-0.4, -0.2) is 21.6 Å². The number of rotatable bonds is 4. The van der Waals surface area contributed by atoms with E-state index < -0.39 is 10.1 Å². The van der Waals surface area contributed by atoms with Crippen LogP contribution in [0.25, 0.3) is 11.1 Å². The highest BCUT2D eigenvalue weighted by atomic mass is 32.2. The number of ether oxygens (including phenoxy) is 2. The first-order valence-corrected chi connectivity index (χ1v) is 10.0. The maximum Gasteiger partial charge on any atom is 0.339 e. The van der Waals surface area contributed by atoms with E-state index in [0.29, 0.717) is 30.3 Å². The second-order valence-corrected chi connectivity index (χ2v) is 7.60. The lowest BCUT2D eigenvalue weighted by atomic mass is 10.1. The Morgan fingerprint density at radius 2 is 1.48 bits per heavy atom. The third-order valence-corrected chi connectivity index (χ3v) is 5.41. The Labute approximate surface area is 158 Å². The van der Waals surface area contributed by atoms with Crippen molar-refractivity contribution < 1.29 is 22.1 Å². The Morgan fingerprint density at radius 1 is 0.778 bits per heavy atom. The van der Waals surface area contributed by atoms with Crippen molar-refractivity contribution in [3.05, 3.63) is 72.8 Å². The first-order chi connectivity index (χ1) is 13.1. The lowest BCUT2D eigenvalue weighted by Gasteiger charge is -2.13. The monoisotopic (exact) mass is 382 g/mol. The lowest BCUT2D eigenvalue weighted by Crippen LogP contribution is -2.10. The predicted molar refractivity (Wildman–Crippen MR) is 102 cm³/mol. The van der Waals surface area contributed by atoms with Crippen LogP contribution in [0.1, 0.15) is 6.42 Å². The van der Waals surface area contributed by atoms with E-state index in [1.54, 1.807) is 18.2 Å². The fourth-order valence-corrected chi connectivity index (χ4v) is 3.82. The minimum absolute atomic E-state index is 0.0228. The third-order valence-electron chi connectivity index (χ3n) is 4.18. The molecule has 0 aromatic heterocycles. The van der Waals surface area contributed by atoms with Gasteiger partial charge in [0.15, 0.2) is 17.2 Å². The van der Waals surface area contributed by atoms with Crippen LogP contribution < -0.4 is 13.7 Å². The molecule has 1 heterocycles. The van der Waals surface area contributed by atoms with Gasteiger partial charge in [-0.2, -0.15) is 8.42 Å². The van der Waals surface area contributed by atoms with E-state index in [4.69, 9.17) is 13.7 Å². The summed E-state index contributed by atoms with van der Waals surface area (Å²) in [6, 6.07) is 21.1. The van der Waals surface area contributed by atoms with Gasteiger partial charge in [0.1, 0.15) is 4.90 Å². The van der Waals surface area contributed by atoms with Crippen molar-refractivity contribution >= 4 is 10.1 Å². The van der Waals surface area contributed by atoms with Crippen LogP contribution in [0.2, 0.25) is 0 Å². The van der Waals surface area contributed by atoms with Crippen LogP contribution in [0.5, 0.6) is 17.2 Å². The van der Waals surface area contributed by atoms with E-state index in [-0.39, 0.29) is 10.6 Å². The number of hydrogen-bond donors (Lipinski definition) is 0. The zero-order valence-electron chi connectivity index (χ0n) is 14.5. The van der Waals surface area contributed by atoms with Crippen LogP contribution in [-0.2, 0) is 10.1 Å². The van der Waals surface area contributed by atoms with Crippen LogP contribution in [0.3, 0.4) is 0 Å². The predicted octanol–water partition coefficient (Wildman–Crippen LogP) is 4.28. The van der Waals surface area contributed by atoms with Gasteiger partial charge < -0.3 is 13.7 Å². The number of benzene rings is 3. The molecule has 138 valence electrons. The summed E-state index contributed by atoms with van der Waals surface area (Å²) in [4.78, 5) is 0.0228.